The minimum absolute atomic E-state index is 0.685. The summed E-state index contributed by atoms with van der Waals surface area (Å²) in [5.74, 6) is 0.685. The maximum absolute atomic E-state index is 5.42. The third-order valence-corrected chi connectivity index (χ3v) is 11.6. The van der Waals surface area contributed by atoms with E-state index < -0.39 is 0 Å². The minimum Gasteiger partial charge on any atom is -0.307 e. The molecule has 0 radical (unpaired) electrons. The second kappa shape index (κ2) is 9.19. The van der Waals surface area contributed by atoms with Gasteiger partial charge in [-0.3, -0.25) is 4.57 Å². The Labute approximate surface area is 283 Å². The largest absolute Gasteiger partial charge is 0.307 e. The molecule has 7 aromatic carbocycles. The standard InChI is InChI=1S/C44H24N4S/c1-2-11-25(12-3-1)39-43-40(32-15-6-9-20-38(32)49-43)46-44(45-39)47-35-18-7-5-14-28(35)34-23-26-21-22-31-30-17-10-16-29-27-13-4-8-19-36(27)48(41(29)30)42(31)33(26)24-37(34)47/h1-24H. The zero-order chi connectivity index (χ0) is 31.8. The maximum atomic E-state index is 5.42. The van der Waals surface area contributed by atoms with Gasteiger partial charge in [0.1, 0.15) is 0 Å². The van der Waals surface area contributed by atoms with Gasteiger partial charge in [0.05, 0.1) is 43.5 Å². The number of para-hydroxylation sites is 3. The molecule has 0 aliphatic heterocycles. The van der Waals surface area contributed by atoms with Gasteiger partial charge in [0.2, 0.25) is 5.95 Å². The zero-order valence-electron chi connectivity index (χ0n) is 26.1. The van der Waals surface area contributed by atoms with Gasteiger partial charge in [0.15, 0.2) is 0 Å². The second-order valence-corrected chi connectivity index (χ2v) is 14.0. The quantitative estimate of drug-likeness (QED) is 0.188. The van der Waals surface area contributed by atoms with E-state index in [0.717, 1.165) is 37.9 Å². The number of hydrogen-bond acceptors (Lipinski definition) is 3. The van der Waals surface area contributed by atoms with E-state index in [2.05, 4.69) is 155 Å². The molecule has 5 aromatic heterocycles. The number of nitrogens with zero attached hydrogens (tertiary/aromatic N) is 4. The molecule has 0 saturated heterocycles. The lowest BCUT2D eigenvalue weighted by atomic mass is 10.0. The van der Waals surface area contributed by atoms with Gasteiger partial charge in [-0.15, -0.1) is 11.3 Å². The number of hydrogen-bond donors (Lipinski definition) is 0. The summed E-state index contributed by atoms with van der Waals surface area (Å²) in [6.07, 6.45) is 0. The highest BCUT2D eigenvalue weighted by Crippen LogP contribution is 2.44. The van der Waals surface area contributed by atoms with Crippen molar-refractivity contribution < 1.29 is 0 Å². The average molecular weight is 641 g/mol. The van der Waals surface area contributed by atoms with Crippen molar-refractivity contribution in [1.29, 1.82) is 0 Å². The molecule has 226 valence electrons. The van der Waals surface area contributed by atoms with Crippen LogP contribution in [-0.4, -0.2) is 18.9 Å². The molecule has 49 heavy (non-hydrogen) atoms. The highest BCUT2D eigenvalue weighted by Gasteiger charge is 2.22. The molecular weight excluding hydrogens is 617 g/mol. The van der Waals surface area contributed by atoms with Crippen molar-refractivity contribution in [3.05, 3.63) is 146 Å². The van der Waals surface area contributed by atoms with Crippen LogP contribution in [0.15, 0.2) is 146 Å². The highest BCUT2D eigenvalue weighted by molar-refractivity contribution is 7.26. The van der Waals surface area contributed by atoms with Gasteiger partial charge in [-0.1, -0.05) is 115 Å². The highest BCUT2D eigenvalue weighted by atomic mass is 32.1. The smallest absolute Gasteiger partial charge is 0.235 e. The average Bonchev–Trinajstić information content (AvgIpc) is 3.90. The van der Waals surface area contributed by atoms with Crippen molar-refractivity contribution in [2.75, 3.05) is 0 Å². The van der Waals surface area contributed by atoms with E-state index in [-0.39, 0.29) is 0 Å². The van der Waals surface area contributed by atoms with Crippen LogP contribution < -0.4 is 0 Å². The van der Waals surface area contributed by atoms with Crippen LogP contribution in [0, 0.1) is 0 Å². The Morgan fingerprint density at radius 3 is 1.96 bits per heavy atom. The van der Waals surface area contributed by atoms with Crippen molar-refractivity contribution in [1.82, 2.24) is 18.9 Å². The molecule has 0 fully saturated rings. The first-order chi connectivity index (χ1) is 24.3. The summed E-state index contributed by atoms with van der Waals surface area (Å²) < 4.78 is 7.10. The number of fused-ring (bicyclic) bond motifs is 14. The van der Waals surface area contributed by atoms with Crippen LogP contribution in [0.5, 0.6) is 0 Å². The van der Waals surface area contributed by atoms with Crippen LogP contribution in [0.2, 0.25) is 0 Å². The number of thiophene rings is 1. The van der Waals surface area contributed by atoms with Crippen LogP contribution in [0.25, 0.3) is 108 Å². The SMILES string of the molecule is c1ccc(-c2nc(-n3c4ccccc4c4cc5ccc6c7cccc8c9ccccc9n(c6c5cc43)c87)nc3c2sc2ccccc23)cc1. The van der Waals surface area contributed by atoms with Crippen molar-refractivity contribution in [3.8, 4) is 17.2 Å². The Kier molecular flexibility index (Phi) is 4.83. The second-order valence-electron chi connectivity index (χ2n) is 13.0. The Bertz CT molecular complexity index is 3330. The fourth-order valence-electron chi connectivity index (χ4n) is 8.38. The van der Waals surface area contributed by atoms with Gasteiger partial charge in [0.25, 0.3) is 0 Å². The Morgan fingerprint density at radius 1 is 0.449 bits per heavy atom. The molecule has 0 atom stereocenters. The van der Waals surface area contributed by atoms with Crippen LogP contribution in [0.4, 0.5) is 0 Å². The van der Waals surface area contributed by atoms with Crippen LogP contribution in [-0.2, 0) is 0 Å². The summed E-state index contributed by atoms with van der Waals surface area (Å²) in [5, 5.41) is 11.1. The Hall–Kier alpha value is -6.30. The fourth-order valence-corrected chi connectivity index (χ4v) is 9.54. The summed E-state index contributed by atoms with van der Waals surface area (Å²) in [6.45, 7) is 0. The summed E-state index contributed by atoms with van der Waals surface area (Å²) in [4.78, 5) is 10.8. The minimum atomic E-state index is 0.685. The molecule has 0 aliphatic rings. The van der Waals surface area contributed by atoms with E-state index in [9.17, 15) is 0 Å². The number of rotatable bonds is 2. The molecule has 0 saturated carbocycles. The first kappa shape index (κ1) is 25.7. The lowest BCUT2D eigenvalue weighted by Gasteiger charge is -2.11. The summed E-state index contributed by atoms with van der Waals surface area (Å²) in [7, 11) is 0. The summed E-state index contributed by atoms with van der Waals surface area (Å²) in [6, 6.07) is 52.6. The number of benzene rings is 7. The first-order valence-corrected chi connectivity index (χ1v) is 17.4. The summed E-state index contributed by atoms with van der Waals surface area (Å²) >= 11 is 1.77. The van der Waals surface area contributed by atoms with E-state index in [0.29, 0.717) is 5.95 Å². The van der Waals surface area contributed by atoms with E-state index in [4.69, 9.17) is 9.97 Å². The van der Waals surface area contributed by atoms with Gasteiger partial charge in [-0.25, -0.2) is 9.97 Å². The predicted octanol–water partition coefficient (Wildman–Crippen LogP) is 11.9. The van der Waals surface area contributed by atoms with Crippen molar-refractivity contribution in [3.63, 3.8) is 0 Å². The molecule has 0 unspecified atom stereocenters. The first-order valence-electron chi connectivity index (χ1n) is 16.6. The molecular formula is C44H24N4S. The molecule has 0 spiro atoms. The molecule has 12 aromatic rings. The third kappa shape index (κ3) is 3.27. The van der Waals surface area contributed by atoms with Gasteiger partial charge in [-0.2, -0.15) is 0 Å². The molecule has 0 N–H and O–H groups in total. The van der Waals surface area contributed by atoms with E-state index in [1.54, 1.807) is 11.3 Å². The molecule has 0 bridgehead atoms. The van der Waals surface area contributed by atoms with Crippen molar-refractivity contribution >= 4 is 102 Å². The molecule has 5 heteroatoms. The van der Waals surface area contributed by atoms with Crippen LogP contribution in [0.1, 0.15) is 0 Å². The topological polar surface area (TPSA) is 35.1 Å². The van der Waals surface area contributed by atoms with Gasteiger partial charge in [0, 0.05) is 53.4 Å². The van der Waals surface area contributed by atoms with Crippen LogP contribution >= 0.6 is 11.3 Å². The fraction of sp³-hybridized carbons (Fsp3) is 0. The lowest BCUT2D eigenvalue weighted by molar-refractivity contribution is 1.02. The third-order valence-electron chi connectivity index (χ3n) is 10.4. The molecule has 0 aliphatic carbocycles. The monoisotopic (exact) mass is 640 g/mol. The molecule has 4 nitrogen and oxygen atoms in total. The lowest BCUT2D eigenvalue weighted by Crippen LogP contribution is -2.02. The van der Waals surface area contributed by atoms with Crippen molar-refractivity contribution in [2.45, 2.75) is 0 Å². The molecule has 5 heterocycles. The van der Waals surface area contributed by atoms with Crippen LogP contribution in [0.3, 0.4) is 0 Å². The maximum Gasteiger partial charge on any atom is 0.235 e. The van der Waals surface area contributed by atoms with Gasteiger partial charge < -0.3 is 4.40 Å². The predicted molar refractivity (Wildman–Crippen MR) is 207 cm³/mol. The Morgan fingerprint density at radius 2 is 1.10 bits per heavy atom. The van der Waals surface area contributed by atoms with E-state index >= 15 is 0 Å². The van der Waals surface area contributed by atoms with Gasteiger partial charge >= 0.3 is 0 Å². The van der Waals surface area contributed by atoms with Gasteiger partial charge in [-0.05, 0) is 35.7 Å². The van der Waals surface area contributed by atoms with E-state index in [1.807, 2.05) is 0 Å². The molecule has 12 rings (SSSR count). The van der Waals surface area contributed by atoms with Crippen molar-refractivity contribution in [2.24, 2.45) is 0 Å². The normalized spacial score (nSPS) is 12.5. The Balaban J connectivity index is 1.27. The zero-order valence-corrected chi connectivity index (χ0v) is 26.9. The number of aromatic nitrogens is 4. The molecule has 0 amide bonds. The summed E-state index contributed by atoms with van der Waals surface area (Å²) in [5.41, 5.74) is 9.02. The van der Waals surface area contributed by atoms with E-state index in [1.165, 1.54) is 64.3 Å².